The lowest BCUT2D eigenvalue weighted by atomic mass is 10.1. The highest BCUT2D eigenvalue weighted by Gasteiger charge is 2.37. The highest BCUT2D eigenvalue weighted by atomic mass is 19.4. The van der Waals surface area contributed by atoms with Crippen LogP contribution in [0.1, 0.15) is 16.7 Å². The maximum absolute atomic E-state index is 12.8. The topological polar surface area (TPSA) is 56.8 Å². The number of carbonyl (C=O) groups excluding carboxylic acids is 1. The Hall–Kier alpha value is -3.11. The van der Waals surface area contributed by atoms with Gasteiger partial charge in [0.1, 0.15) is 5.75 Å². The van der Waals surface area contributed by atoms with Gasteiger partial charge in [0.25, 0.3) is 5.91 Å². The van der Waals surface area contributed by atoms with Crippen LogP contribution in [-0.2, 0) is 23.6 Å². The van der Waals surface area contributed by atoms with Crippen LogP contribution in [0, 0.1) is 0 Å². The molecule has 0 fully saturated rings. The maximum Gasteiger partial charge on any atom is 0.416 e. The van der Waals surface area contributed by atoms with Crippen LogP contribution in [0.15, 0.2) is 36.4 Å². The number of rotatable bonds is 8. The van der Waals surface area contributed by atoms with Crippen molar-refractivity contribution in [3.63, 3.8) is 0 Å². The van der Waals surface area contributed by atoms with Crippen molar-refractivity contribution in [3.8, 4) is 17.2 Å². The van der Waals surface area contributed by atoms with Crippen LogP contribution >= 0.6 is 0 Å². The monoisotopic (exact) mass is 451 g/mol. The van der Waals surface area contributed by atoms with Gasteiger partial charge in [-0.3, -0.25) is 4.79 Å². The number of amides is 1. The van der Waals surface area contributed by atoms with Gasteiger partial charge in [-0.15, -0.1) is 0 Å². The summed E-state index contributed by atoms with van der Waals surface area (Å²) in [6.07, 6.45) is -9.60. The highest BCUT2D eigenvalue weighted by Crippen LogP contribution is 2.38. The Balaban J connectivity index is 1.95. The fourth-order valence-corrected chi connectivity index (χ4v) is 2.59. The number of hydrogen-bond donors (Lipinski definition) is 1. The molecule has 1 N–H and O–H groups in total. The average molecular weight is 451 g/mol. The number of nitrogens with one attached hydrogen (secondary N) is 1. The first-order chi connectivity index (χ1) is 14.4. The van der Waals surface area contributed by atoms with E-state index < -0.39 is 41.7 Å². The first-order valence-electron chi connectivity index (χ1n) is 8.84. The van der Waals surface area contributed by atoms with E-state index in [-0.39, 0.29) is 12.6 Å². The van der Waals surface area contributed by atoms with Crippen molar-refractivity contribution in [1.29, 1.82) is 0 Å². The molecule has 5 nitrogen and oxygen atoms in total. The van der Waals surface area contributed by atoms with Crippen molar-refractivity contribution in [2.45, 2.75) is 18.8 Å². The highest BCUT2D eigenvalue weighted by molar-refractivity contribution is 5.77. The number of methoxy groups -OCH3 is 2. The van der Waals surface area contributed by atoms with Gasteiger partial charge in [-0.2, -0.15) is 26.3 Å². The van der Waals surface area contributed by atoms with E-state index in [9.17, 15) is 31.1 Å². The Morgan fingerprint density at radius 3 is 1.97 bits per heavy atom. The normalized spacial score (nSPS) is 11.7. The molecule has 170 valence electrons. The Bertz CT molecular complexity index is 879. The van der Waals surface area contributed by atoms with Crippen LogP contribution in [0.3, 0.4) is 0 Å². The zero-order chi connectivity index (χ0) is 23.2. The minimum atomic E-state index is -5.00. The third kappa shape index (κ3) is 6.97. The molecule has 0 bridgehead atoms. The van der Waals surface area contributed by atoms with Crippen LogP contribution in [0.5, 0.6) is 17.2 Å². The molecule has 0 spiro atoms. The molecule has 0 saturated carbocycles. The fourth-order valence-electron chi connectivity index (χ4n) is 2.59. The zero-order valence-electron chi connectivity index (χ0n) is 16.5. The molecule has 0 radical (unpaired) electrons. The minimum absolute atomic E-state index is 0.0178. The Morgan fingerprint density at radius 2 is 1.45 bits per heavy atom. The minimum Gasteiger partial charge on any atom is -0.493 e. The van der Waals surface area contributed by atoms with E-state index in [1.807, 2.05) is 0 Å². The third-order valence-corrected chi connectivity index (χ3v) is 4.11. The predicted octanol–water partition coefficient (Wildman–Crippen LogP) is 4.48. The van der Waals surface area contributed by atoms with Crippen molar-refractivity contribution in [3.05, 3.63) is 53.1 Å². The maximum atomic E-state index is 12.8. The molecule has 0 aromatic heterocycles. The number of benzene rings is 2. The second-order valence-corrected chi connectivity index (χ2v) is 6.32. The molecule has 11 heteroatoms. The molecular weight excluding hydrogens is 432 g/mol. The number of ether oxygens (including phenoxy) is 3. The summed E-state index contributed by atoms with van der Waals surface area (Å²) < 4.78 is 92.2. The van der Waals surface area contributed by atoms with Crippen molar-refractivity contribution >= 4 is 5.91 Å². The number of carbonyl (C=O) groups is 1. The number of hydrogen-bond acceptors (Lipinski definition) is 4. The quantitative estimate of drug-likeness (QED) is 0.602. The SMILES string of the molecule is COc1ccc(CCNC(=O)COc2cc(C(F)(F)F)cc(C(F)(F)F)c2)cc1OC. The Kier molecular flexibility index (Phi) is 7.64. The molecule has 0 unspecified atom stereocenters. The molecule has 0 heterocycles. The molecule has 1 amide bonds. The van der Waals surface area contributed by atoms with Gasteiger partial charge in [0, 0.05) is 6.54 Å². The molecule has 2 rings (SSSR count). The fraction of sp³-hybridized carbons (Fsp3) is 0.350. The van der Waals surface area contributed by atoms with E-state index in [0.717, 1.165) is 5.56 Å². The van der Waals surface area contributed by atoms with Crippen LogP contribution in [-0.4, -0.2) is 33.3 Å². The molecule has 0 aliphatic heterocycles. The molecule has 0 aliphatic carbocycles. The average Bonchev–Trinajstić information content (AvgIpc) is 2.70. The van der Waals surface area contributed by atoms with Gasteiger partial charge in [0.15, 0.2) is 18.1 Å². The molecule has 0 atom stereocenters. The smallest absolute Gasteiger partial charge is 0.416 e. The van der Waals surface area contributed by atoms with Gasteiger partial charge in [-0.05, 0) is 42.3 Å². The van der Waals surface area contributed by atoms with Crippen LogP contribution in [0.2, 0.25) is 0 Å². The van der Waals surface area contributed by atoms with E-state index in [4.69, 9.17) is 14.2 Å². The lowest BCUT2D eigenvalue weighted by Gasteiger charge is -2.15. The van der Waals surface area contributed by atoms with Crippen molar-refractivity contribution < 1.29 is 45.3 Å². The summed E-state index contributed by atoms with van der Waals surface area (Å²) in [5, 5.41) is 2.48. The summed E-state index contributed by atoms with van der Waals surface area (Å²) in [5.41, 5.74) is -2.23. The van der Waals surface area contributed by atoms with E-state index in [1.54, 1.807) is 18.2 Å². The first-order valence-corrected chi connectivity index (χ1v) is 8.84. The molecule has 2 aromatic rings. The van der Waals surface area contributed by atoms with E-state index in [1.165, 1.54) is 14.2 Å². The standard InChI is InChI=1S/C20H19F6NO4/c1-29-16-4-3-12(7-17(16)30-2)5-6-27-18(28)11-31-15-9-13(19(21,22)23)8-14(10-15)20(24,25)26/h3-4,7-10H,5-6,11H2,1-2H3,(H,27,28). The lowest BCUT2D eigenvalue weighted by Crippen LogP contribution is -2.30. The summed E-state index contributed by atoms with van der Waals surface area (Å²) in [6.45, 7) is -0.585. The van der Waals surface area contributed by atoms with Gasteiger partial charge >= 0.3 is 12.4 Å². The van der Waals surface area contributed by atoms with Gasteiger partial charge in [-0.25, -0.2) is 0 Å². The molecule has 31 heavy (non-hydrogen) atoms. The summed E-state index contributed by atoms with van der Waals surface area (Å²) in [4.78, 5) is 11.9. The van der Waals surface area contributed by atoms with Gasteiger partial charge in [-0.1, -0.05) is 6.07 Å². The molecule has 0 aliphatic rings. The zero-order valence-corrected chi connectivity index (χ0v) is 16.5. The Morgan fingerprint density at radius 1 is 0.871 bits per heavy atom. The van der Waals surface area contributed by atoms with Crippen LogP contribution < -0.4 is 19.5 Å². The first kappa shape index (κ1) is 24.2. The number of halogens is 6. The third-order valence-electron chi connectivity index (χ3n) is 4.11. The van der Waals surface area contributed by atoms with Gasteiger partial charge in [0.2, 0.25) is 0 Å². The molecular formula is C20H19F6NO4. The molecule has 0 saturated heterocycles. The van der Waals surface area contributed by atoms with Crippen molar-refractivity contribution in [2.75, 3.05) is 27.4 Å². The Labute approximate surface area is 173 Å². The van der Waals surface area contributed by atoms with E-state index >= 15 is 0 Å². The summed E-state index contributed by atoms with van der Waals surface area (Å²) in [7, 11) is 2.96. The predicted molar refractivity (Wildman–Crippen MR) is 98.2 cm³/mol. The van der Waals surface area contributed by atoms with Gasteiger partial charge in [0.05, 0.1) is 25.3 Å². The molecule has 2 aromatic carbocycles. The second kappa shape index (κ2) is 9.80. The van der Waals surface area contributed by atoms with Crippen LogP contribution in [0.25, 0.3) is 0 Å². The van der Waals surface area contributed by atoms with E-state index in [2.05, 4.69) is 5.32 Å². The van der Waals surface area contributed by atoms with Crippen molar-refractivity contribution in [1.82, 2.24) is 5.32 Å². The summed E-state index contributed by atoms with van der Waals surface area (Å²) in [6, 6.07) is 5.95. The summed E-state index contributed by atoms with van der Waals surface area (Å²) in [5.74, 6) is -0.383. The lowest BCUT2D eigenvalue weighted by molar-refractivity contribution is -0.143. The van der Waals surface area contributed by atoms with Gasteiger partial charge < -0.3 is 19.5 Å². The summed E-state index contributed by atoms with van der Waals surface area (Å²) >= 11 is 0. The second-order valence-electron chi connectivity index (χ2n) is 6.32. The van der Waals surface area contributed by atoms with E-state index in [0.29, 0.717) is 30.1 Å². The largest absolute Gasteiger partial charge is 0.493 e. The number of alkyl halides is 6. The van der Waals surface area contributed by atoms with Crippen LogP contribution in [0.4, 0.5) is 26.3 Å². The van der Waals surface area contributed by atoms with Crippen molar-refractivity contribution in [2.24, 2.45) is 0 Å².